The van der Waals surface area contributed by atoms with Gasteiger partial charge in [-0.2, -0.15) is 0 Å². The summed E-state index contributed by atoms with van der Waals surface area (Å²) in [5.74, 6) is -1.03. The Bertz CT molecular complexity index is 2480. The second-order valence-corrected chi connectivity index (χ2v) is 16.0. The SMILES string of the molecule is COC(=O)C(=O)c1c(C)c(C)c2nc(-c3cccc(-c4c(F)cc(C)cc4OCc4ccccc4)c3)cn2c1N1CCC(C)(OCCOCC(C)OCc2ccccc2)CC1. The fourth-order valence-electron chi connectivity index (χ4n) is 7.83. The van der Waals surface area contributed by atoms with Crippen LogP contribution in [0.2, 0.25) is 0 Å². The Morgan fingerprint density at radius 3 is 2.20 bits per heavy atom. The predicted octanol–water partition coefficient (Wildman–Crippen LogP) is 9.66. The first-order valence-electron chi connectivity index (χ1n) is 20.8. The van der Waals surface area contributed by atoms with E-state index in [9.17, 15) is 9.59 Å². The van der Waals surface area contributed by atoms with Gasteiger partial charge in [0.1, 0.15) is 29.6 Å². The number of pyridine rings is 1. The van der Waals surface area contributed by atoms with Crippen LogP contribution in [0, 0.1) is 26.6 Å². The summed E-state index contributed by atoms with van der Waals surface area (Å²) in [6.45, 7) is 12.9. The smallest absolute Gasteiger partial charge is 0.379 e. The number of aryl methyl sites for hydroxylation is 2. The zero-order valence-corrected chi connectivity index (χ0v) is 35.8. The summed E-state index contributed by atoms with van der Waals surface area (Å²) < 4.78 is 47.2. The normalized spacial score (nSPS) is 14.2. The second-order valence-electron chi connectivity index (χ2n) is 16.0. The summed E-state index contributed by atoms with van der Waals surface area (Å²) in [6, 6.07) is 30.7. The van der Waals surface area contributed by atoms with Gasteiger partial charge in [-0.1, -0.05) is 78.9 Å². The third-order valence-electron chi connectivity index (χ3n) is 11.4. The summed E-state index contributed by atoms with van der Waals surface area (Å²) in [7, 11) is 1.21. The van der Waals surface area contributed by atoms with Gasteiger partial charge in [0, 0.05) is 24.8 Å². The average molecular weight is 828 g/mol. The summed E-state index contributed by atoms with van der Waals surface area (Å²) in [5.41, 5.74) is 7.11. The summed E-state index contributed by atoms with van der Waals surface area (Å²) in [4.78, 5) is 33.9. The molecule has 1 unspecified atom stereocenters. The van der Waals surface area contributed by atoms with Crippen LogP contribution in [-0.4, -0.2) is 72.9 Å². The summed E-state index contributed by atoms with van der Waals surface area (Å²) in [5, 5.41) is 0. The van der Waals surface area contributed by atoms with Crippen molar-refractivity contribution in [2.75, 3.05) is 44.9 Å². The number of halogens is 1. The van der Waals surface area contributed by atoms with E-state index >= 15 is 4.39 Å². The van der Waals surface area contributed by atoms with Crippen molar-refractivity contribution < 1.29 is 37.7 Å². The molecule has 318 valence electrons. The Kier molecular flexibility index (Phi) is 13.6. The molecule has 0 amide bonds. The lowest BCUT2D eigenvalue weighted by molar-refractivity contribution is -0.135. The first kappa shape index (κ1) is 43.2. The van der Waals surface area contributed by atoms with Crippen molar-refractivity contribution in [1.82, 2.24) is 9.38 Å². The zero-order chi connectivity index (χ0) is 43.1. The number of anilines is 1. The lowest BCUT2D eigenvalue weighted by Crippen LogP contribution is -2.46. The molecule has 4 aromatic carbocycles. The van der Waals surface area contributed by atoms with Gasteiger partial charge in [0.15, 0.2) is 0 Å². The number of methoxy groups -OCH3 is 1. The molecule has 0 saturated carbocycles. The minimum Gasteiger partial charge on any atom is -0.488 e. The number of imidazole rings is 1. The topological polar surface area (TPSA) is 101 Å². The summed E-state index contributed by atoms with van der Waals surface area (Å²) in [6.07, 6.45) is 3.17. The van der Waals surface area contributed by atoms with E-state index in [1.165, 1.54) is 13.2 Å². The molecular weight excluding hydrogens is 774 g/mol. The van der Waals surface area contributed by atoms with Crippen molar-refractivity contribution in [2.45, 2.75) is 72.4 Å². The number of rotatable bonds is 17. The molecule has 1 aliphatic heterocycles. The Morgan fingerprint density at radius 1 is 0.836 bits per heavy atom. The quantitative estimate of drug-likeness (QED) is 0.0385. The zero-order valence-electron chi connectivity index (χ0n) is 35.8. The van der Waals surface area contributed by atoms with Gasteiger partial charge in [-0.3, -0.25) is 9.20 Å². The number of aromatic nitrogens is 2. The van der Waals surface area contributed by atoms with E-state index in [0.717, 1.165) is 27.8 Å². The van der Waals surface area contributed by atoms with Crippen LogP contribution in [0.3, 0.4) is 0 Å². The van der Waals surface area contributed by atoms with Crippen LogP contribution in [0.5, 0.6) is 5.75 Å². The van der Waals surface area contributed by atoms with Gasteiger partial charge in [-0.05, 0) is 99.0 Å². The Labute approximate surface area is 357 Å². The van der Waals surface area contributed by atoms with Crippen LogP contribution in [-0.2, 0) is 37.0 Å². The number of fused-ring (bicyclic) bond motifs is 1. The molecule has 10 nitrogen and oxygen atoms in total. The molecule has 3 heterocycles. The number of nitrogens with zero attached hydrogens (tertiary/aromatic N) is 3. The molecule has 0 aliphatic carbocycles. The van der Waals surface area contributed by atoms with E-state index in [4.69, 9.17) is 28.7 Å². The van der Waals surface area contributed by atoms with Crippen LogP contribution < -0.4 is 9.64 Å². The fraction of sp³-hybridized carbons (Fsp3) is 0.340. The molecule has 11 heteroatoms. The minimum absolute atomic E-state index is 0.0582. The van der Waals surface area contributed by atoms with Gasteiger partial charge in [0.05, 0.1) is 62.1 Å². The molecule has 0 N–H and O–H groups in total. The maximum atomic E-state index is 15.9. The van der Waals surface area contributed by atoms with Crippen molar-refractivity contribution in [3.63, 3.8) is 0 Å². The standard InChI is InChI=1S/C50H54FN3O7/c1-33-26-41(51)45(43(27-33)60-32-38-16-11-8-12-17-38)40-19-13-18-39(28-40)42-29-54-47(52-42)36(4)35(3)44(46(55)49(56)57-6)48(54)53-22-20-50(5,21-23-53)61-25-24-58-30-34(2)59-31-37-14-9-7-10-15-37/h7-19,26-29,34H,20-25,30-32H2,1-6H3. The molecule has 0 spiro atoms. The lowest BCUT2D eigenvalue weighted by Gasteiger charge is -2.41. The van der Waals surface area contributed by atoms with Gasteiger partial charge in [0.2, 0.25) is 0 Å². The first-order valence-corrected chi connectivity index (χ1v) is 20.8. The molecule has 1 aliphatic rings. The number of Topliss-reactive ketones (excluding diaryl/α,β-unsaturated/α-hetero) is 1. The van der Waals surface area contributed by atoms with Crippen LogP contribution in [0.15, 0.2) is 103 Å². The fourth-order valence-corrected chi connectivity index (χ4v) is 7.83. The number of benzene rings is 4. The highest BCUT2D eigenvalue weighted by Crippen LogP contribution is 2.39. The Morgan fingerprint density at radius 2 is 1.51 bits per heavy atom. The second kappa shape index (κ2) is 19.2. The van der Waals surface area contributed by atoms with Crippen LogP contribution >= 0.6 is 0 Å². The lowest BCUT2D eigenvalue weighted by atomic mass is 9.92. The predicted molar refractivity (Wildman–Crippen MR) is 235 cm³/mol. The first-order chi connectivity index (χ1) is 29.4. The Hall–Kier alpha value is -5.88. The van der Waals surface area contributed by atoms with E-state index in [1.54, 1.807) is 0 Å². The molecule has 6 aromatic rings. The maximum absolute atomic E-state index is 15.9. The van der Waals surface area contributed by atoms with Gasteiger partial charge < -0.3 is 28.6 Å². The molecule has 2 aromatic heterocycles. The molecule has 7 rings (SSSR count). The molecule has 1 saturated heterocycles. The van der Waals surface area contributed by atoms with Crippen molar-refractivity contribution in [3.05, 3.63) is 142 Å². The third-order valence-corrected chi connectivity index (χ3v) is 11.4. The third kappa shape index (κ3) is 10.0. The number of ketones is 1. The number of hydrogen-bond donors (Lipinski definition) is 0. The monoisotopic (exact) mass is 827 g/mol. The van der Waals surface area contributed by atoms with Crippen molar-refractivity contribution in [2.24, 2.45) is 0 Å². The molecule has 0 bridgehead atoms. The van der Waals surface area contributed by atoms with Crippen LogP contribution in [0.4, 0.5) is 10.2 Å². The molecule has 1 fully saturated rings. The number of hydrogen-bond acceptors (Lipinski definition) is 9. The van der Waals surface area contributed by atoms with Crippen molar-refractivity contribution >= 4 is 23.2 Å². The number of ether oxygens (including phenoxy) is 5. The molecular formula is C50H54FN3O7. The summed E-state index contributed by atoms with van der Waals surface area (Å²) >= 11 is 0. The minimum atomic E-state index is -0.938. The molecule has 1 atom stereocenters. The van der Waals surface area contributed by atoms with Gasteiger partial charge in [-0.15, -0.1) is 0 Å². The van der Waals surface area contributed by atoms with E-state index in [-0.39, 0.29) is 24.1 Å². The van der Waals surface area contributed by atoms with Crippen LogP contribution in [0.1, 0.15) is 64.9 Å². The molecule has 61 heavy (non-hydrogen) atoms. The number of esters is 1. The molecule has 0 radical (unpaired) electrons. The highest BCUT2D eigenvalue weighted by atomic mass is 19.1. The highest BCUT2D eigenvalue weighted by molar-refractivity contribution is 6.42. The number of piperidine rings is 1. The Balaban J connectivity index is 1.11. The van der Waals surface area contributed by atoms with E-state index in [2.05, 4.69) is 11.8 Å². The van der Waals surface area contributed by atoms with Crippen molar-refractivity contribution in [3.8, 4) is 28.1 Å². The number of carbonyl (C=O) groups excluding carboxylic acids is 2. The van der Waals surface area contributed by atoms with Crippen LogP contribution in [0.25, 0.3) is 28.0 Å². The van der Waals surface area contributed by atoms with Gasteiger partial charge in [0.25, 0.3) is 5.78 Å². The van der Waals surface area contributed by atoms with Crippen molar-refractivity contribution in [1.29, 1.82) is 0 Å². The average Bonchev–Trinajstić information content (AvgIpc) is 3.72. The van der Waals surface area contributed by atoms with E-state index in [0.29, 0.717) is 92.0 Å². The van der Waals surface area contributed by atoms with E-state index < -0.39 is 17.4 Å². The van der Waals surface area contributed by atoms with Gasteiger partial charge in [-0.25, -0.2) is 14.2 Å². The maximum Gasteiger partial charge on any atom is 0.379 e. The van der Waals surface area contributed by atoms with E-state index in [1.807, 2.05) is 129 Å². The van der Waals surface area contributed by atoms with Gasteiger partial charge >= 0.3 is 5.97 Å². The largest absolute Gasteiger partial charge is 0.488 e. The highest BCUT2D eigenvalue weighted by Gasteiger charge is 2.36. The number of carbonyl (C=O) groups is 2.